The molecule has 3 rings (SSSR count). The standard InChI is InChI=1S/C13H16N2O7S/c1-20-11(16)8-3-6-15(13(8)4-5-13)23(18,19)10-7-9(14-22-10)12(17)21-2/h7-8H,3-6H2,1-2H3. The molecule has 1 spiro atoms. The Hall–Kier alpha value is -1.94. The number of sulfonamides is 1. The van der Waals surface area contributed by atoms with Gasteiger partial charge in [0.05, 0.1) is 20.1 Å². The van der Waals surface area contributed by atoms with E-state index in [1.807, 2.05) is 0 Å². The lowest BCUT2D eigenvalue weighted by molar-refractivity contribution is -0.146. The molecule has 0 radical (unpaired) electrons. The van der Waals surface area contributed by atoms with Crippen LogP contribution in [0.25, 0.3) is 0 Å². The Balaban J connectivity index is 1.91. The van der Waals surface area contributed by atoms with Crippen molar-refractivity contribution in [2.45, 2.75) is 29.9 Å². The largest absolute Gasteiger partial charge is 0.469 e. The van der Waals surface area contributed by atoms with Crippen molar-refractivity contribution >= 4 is 22.0 Å². The van der Waals surface area contributed by atoms with Gasteiger partial charge in [-0.3, -0.25) is 4.79 Å². The molecule has 2 fully saturated rings. The van der Waals surface area contributed by atoms with Crippen LogP contribution in [0.15, 0.2) is 15.7 Å². The first kappa shape index (κ1) is 15.9. The van der Waals surface area contributed by atoms with Crippen molar-refractivity contribution in [2.75, 3.05) is 20.8 Å². The normalized spacial score (nSPS) is 23.0. The molecular formula is C13H16N2O7S. The van der Waals surface area contributed by atoms with Gasteiger partial charge in [0.25, 0.3) is 15.1 Å². The zero-order valence-electron chi connectivity index (χ0n) is 12.6. The van der Waals surface area contributed by atoms with Crippen LogP contribution in [-0.2, 0) is 24.3 Å². The summed E-state index contributed by atoms with van der Waals surface area (Å²) in [7, 11) is -1.55. The lowest BCUT2D eigenvalue weighted by Crippen LogP contribution is -2.41. The molecule has 1 aromatic heterocycles. The van der Waals surface area contributed by atoms with E-state index in [-0.39, 0.29) is 12.2 Å². The maximum absolute atomic E-state index is 12.8. The molecule has 23 heavy (non-hydrogen) atoms. The Morgan fingerprint density at radius 3 is 2.61 bits per heavy atom. The topological polar surface area (TPSA) is 116 Å². The molecular weight excluding hydrogens is 328 g/mol. The van der Waals surface area contributed by atoms with Crippen molar-refractivity contribution < 1.29 is 32.0 Å². The number of hydrogen-bond acceptors (Lipinski definition) is 8. The summed E-state index contributed by atoms with van der Waals surface area (Å²) in [6, 6.07) is 1.03. The Labute approximate surface area is 132 Å². The number of nitrogens with zero attached hydrogens (tertiary/aromatic N) is 2. The van der Waals surface area contributed by atoms with Crippen LogP contribution in [0.4, 0.5) is 0 Å². The highest BCUT2D eigenvalue weighted by atomic mass is 32.2. The molecule has 0 aromatic carbocycles. The van der Waals surface area contributed by atoms with Crippen LogP contribution >= 0.6 is 0 Å². The Morgan fingerprint density at radius 2 is 2.04 bits per heavy atom. The van der Waals surface area contributed by atoms with Gasteiger partial charge in [-0.1, -0.05) is 5.16 Å². The molecule has 0 bridgehead atoms. The van der Waals surface area contributed by atoms with Crippen LogP contribution < -0.4 is 0 Å². The summed E-state index contributed by atoms with van der Waals surface area (Å²) >= 11 is 0. The number of carbonyl (C=O) groups is 2. The third-order valence-electron chi connectivity index (χ3n) is 4.44. The first-order valence-corrected chi connectivity index (χ1v) is 8.46. The molecule has 2 aliphatic rings. The number of carbonyl (C=O) groups excluding carboxylic acids is 2. The molecule has 126 valence electrons. The Bertz CT molecular complexity index is 750. The first-order chi connectivity index (χ1) is 10.9. The number of aromatic nitrogens is 1. The quantitative estimate of drug-likeness (QED) is 0.710. The highest BCUT2D eigenvalue weighted by Crippen LogP contribution is 2.55. The fourth-order valence-corrected chi connectivity index (χ4v) is 4.91. The number of hydrogen-bond donors (Lipinski definition) is 0. The molecule has 0 amide bonds. The average Bonchev–Trinajstić information content (AvgIpc) is 3.00. The van der Waals surface area contributed by atoms with E-state index in [0.29, 0.717) is 19.3 Å². The van der Waals surface area contributed by atoms with Crippen LogP contribution in [0.1, 0.15) is 29.8 Å². The van der Waals surface area contributed by atoms with Gasteiger partial charge in [0.2, 0.25) is 0 Å². The van der Waals surface area contributed by atoms with Crippen LogP contribution in [0, 0.1) is 5.92 Å². The SMILES string of the molecule is COC(=O)c1cc(S(=O)(=O)N2CCC(C(=O)OC)C23CC3)on1. The fourth-order valence-electron chi connectivity index (χ4n) is 3.17. The van der Waals surface area contributed by atoms with Gasteiger partial charge in [-0.25, -0.2) is 13.2 Å². The summed E-state index contributed by atoms with van der Waals surface area (Å²) in [5, 5.41) is 2.98. The molecule has 1 aliphatic carbocycles. The van der Waals surface area contributed by atoms with E-state index in [9.17, 15) is 18.0 Å². The lowest BCUT2D eigenvalue weighted by atomic mass is 9.99. The monoisotopic (exact) mass is 344 g/mol. The molecule has 9 nitrogen and oxygen atoms in total. The van der Waals surface area contributed by atoms with Crippen molar-refractivity contribution in [3.8, 4) is 0 Å². The average molecular weight is 344 g/mol. The van der Waals surface area contributed by atoms with Gasteiger partial charge in [0, 0.05) is 18.2 Å². The maximum Gasteiger partial charge on any atom is 0.360 e. The zero-order chi connectivity index (χ0) is 16.8. The summed E-state index contributed by atoms with van der Waals surface area (Å²) in [6.07, 6.45) is 1.57. The van der Waals surface area contributed by atoms with Crippen molar-refractivity contribution in [3.05, 3.63) is 11.8 Å². The predicted molar refractivity (Wildman–Crippen MR) is 73.8 cm³/mol. The smallest absolute Gasteiger partial charge is 0.360 e. The Kier molecular flexibility index (Phi) is 3.68. The lowest BCUT2D eigenvalue weighted by Gasteiger charge is -2.24. The van der Waals surface area contributed by atoms with E-state index < -0.39 is 38.5 Å². The molecule has 2 heterocycles. The second kappa shape index (κ2) is 5.31. The minimum absolute atomic E-state index is 0.191. The first-order valence-electron chi connectivity index (χ1n) is 7.02. The number of rotatable bonds is 4. The van der Waals surface area contributed by atoms with E-state index >= 15 is 0 Å². The molecule has 0 N–H and O–H groups in total. The van der Waals surface area contributed by atoms with Gasteiger partial charge in [0.15, 0.2) is 5.69 Å². The van der Waals surface area contributed by atoms with Gasteiger partial charge in [-0.05, 0) is 19.3 Å². The van der Waals surface area contributed by atoms with E-state index in [0.717, 1.165) is 13.2 Å². The highest BCUT2D eigenvalue weighted by Gasteiger charge is 2.64. The van der Waals surface area contributed by atoms with Crippen molar-refractivity contribution in [2.24, 2.45) is 5.92 Å². The minimum Gasteiger partial charge on any atom is -0.469 e. The number of ether oxygens (including phenoxy) is 2. The summed E-state index contributed by atoms with van der Waals surface area (Å²) < 4.78 is 40.8. The number of methoxy groups -OCH3 is 2. The van der Waals surface area contributed by atoms with E-state index in [1.54, 1.807) is 0 Å². The van der Waals surface area contributed by atoms with E-state index in [1.165, 1.54) is 11.4 Å². The predicted octanol–water partition coefficient (Wildman–Crippen LogP) is 0.177. The van der Waals surface area contributed by atoms with Crippen LogP contribution in [0.3, 0.4) is 0 Å². The van der Waals surface area contributed by atoms with Crippen molar-refractivity contribution in [1.29, 1.82) is 0 Å². The molecule has 10 heteroatoms. The minimum atomic E-state index is -3.99. The van der Waals surface area contributed by atoms with Gasteiger partial charge in [-0.2, -0.15) is 4.31 Å². The molecule has 1 saturated carbocycles. The molecule has 1 aliphatic heterocycles. The summed E-state index contributed by atoms with van der Waals surface area (Å²) in [5.41, 5.74) is -0.968. The van der Waals surface area contributed by atoms with Crippen molar-refractivity contribution in [3.63, 3.8) is 0 Å². The third-order valence-corrected chi connectivity index (χ3v) is 6.27. The summed E-state index contributed by atoms with van der Waals surface area (Å²) in [5.74, 6) is -1.68. The highest BCUT2D eigenvalue weighted by molar-refractivity contribution is 7.89. The zero-order valence-corrected chi connectivity index (χ0v) is 13.5. The fraction of sp³-hybridized carbons (Fsp3) is 0.615. The summed E-state index contributed by atoms with van der Waals surface area (Å²) in [6.45, 7) is 0.191. The van der Waals surface area contributed by atoms with Gasteiger partial charge >= 0.3 is 11.9 Å². The van der Waals surface area contributed by atoms with E-state index in [2.05, 4.69) is 9.89 Å². The Morgan fingerprint density at radius 1 is 1.35 bits per heavy atom. The van der Waals surface area contributed by atoms with Gasteiger partial charge in [0.1, 0.15) is 0 Å². The number of esters is 2. The maximum atomic E-state index is 12.8. The second-order valence-corrected chi connectivity index (χ2v) is 7.36. The third kappa shape index (κ3) is 2.32. The molecule has 1 unspecified atom stereocenters. The van der Waals surface area contributed by atoms with E-state index in [4.69, 9.17) is 9.26 Å². The second-order valence-electron chi connectivity index (χ2n) is 5.57. The molecule has 1 saturated heterocycles. The molecule has 1 aromatic rings. The van der Waals surface area contributed by atoms with Crippen LogP contribution in [-0.4, -0.2) is 56.1 Å². The molecule has 1 atom stereocenters. The van der Waals surface area contributed by atoms with Crippen LogP contribution in [0.5, 0.6) is 0 Å². The van der Waals surface area contributed by atoms with Gasteiger partial charge in [-0.15, -0.1) is 0 Å². The van der Waals surface area contributed by atoms with Gasteiger partial charge < -0.3 is 14.0 Å². The van der Waals surface area contributed by atoms with Crippen molar-refractivity contribution in [1.82, 2.24) is 9.46 Å². The summed E-state index contributed by atoms with van der Waals surface area (Å²) in [4.78, 5) is 23.3. The van der Waals surface area contributed by atoms with Crippen LogP contribution in [0.2, 0.25) is 0 Å².